The van der Waals surface area contributed by atoms with Gasteiger partial charge in [-0.25, -0.2) is 18.1 Å². The van der Waals surface area contributed by atoms with Gasteiger partial charge in [-0.1, -0.05) is 0 Å². The molecule has 0 aliphatic carbocycles. The average Bonchev–Trinajstić information content (AvgIpc) is 2.69. The summed E-state index contributed by atoms with van der Waals surface area (Å²) < 4.78 is 24.1. The number of aromatic nitrogens is 3. The summed E-state index contributed by atoms with van der Waals surface area (Å²) in [5.74, 6) is 0. The number of nitrogens with two attached hydrogens (primary N) is 1. The van der Waals surface area contributed by atoms with Gasteiger partial charge in [0.2, 0.25) is 0 Å². The van der Waals surface area contributed by atoms with Gasteiger partial charge in [-0.05, 0) is 18.2 Å². The van der Waals surface area contributed by atoms with Gasteiger partial charge in [0.05, 0.1) is 16.3 Å². The van der Waals surface area contributed by atoms with Crippen molar-refractivity contribution < 1.29 is 8.42 Å². The van der Waals surface area contributed by atoms with Crippen LogP contribution >= 0.6 is 0 Å². The molecule has 0 aliphatic heterocycles. The molecule has 0 fully saturated rings. The van der Waals surface area contributed by atoms with Gasteiger partial charge < -0.3 is 5.73 Å². The van der Waals surface area contributed by atoms with Gasteiger partial charge in [0.25, 0.3) is 0 Å². The zero-order valence-electron chi connectivity index (χ0n) is 8.53. The highest BCUT2D eigenvalue weighted by atomic mass is 32.2. The first-order valence-corrected chi connectivity index (χ1v) is 6.32. The van der Waals surface area contributed by atoms with Gasteiger partial charge >= 0.3 is 0 Å². The van der Waals surface area contributed by atoms with Crippen LogP contribution in [0, 0.1) is 0 Å². The number of benzene rings is 1. The summed E-state index contributed by atoms with van der Waals surface area (Å²) >= 11 is 0. The molecule has 2 N–H and O–H groups in total. The lowest BCUT2D eigenvalue weighted by atomic mass is 10.3. The predicted molar refractivity (Wildman–Crippen MR) is 58.9 cm³/mol. The Hall–Kier alpha value is -1.89. The lowest BCUT2D eigenvalue weighted by molar-refractivity contribution is 0.602. The summed E-state index contributed by atoms with van der Waals surface area (Å²) in [6.07, 6.45) is 4.01. The van der Waals surface area contributed by atoms with Crippen LogP contribution in [0.3, 0.4) is 0 Å². The van der Waals surface area contributed by atoms with Crippen LogP contribution in [0.2, 0.25) is 0 Å². The number of nitrogen functional groups attached to an aromatic ring is 1. The van der Waals surface area contributed by atoms with Gasteiger partial charge in [-0.2, -0.15) is 5.10 Å². The van der Waals surface area contributed by atoms with Crippen molar-refractivity contribution >= 4 is 15.5 Å². The Morgan fingerprint density at radius 3 is 2.62 bits per heavy atom. The van der Waals surface area contributed by atoms with Crippen LogP contribution in [0.25, 0.3) is 5.69 Å². The highest BCUT2D eigenvalue weighted by Gasteiger charge is 2.10. The Morgan fingerprint density at radius 1 is 1.38 bits per heavy atom. The molecule has 0 unspecified atom stereocenters. The molecule has 0 saturated carbocycles. The number of hydrogen-bond donors (Lipinski definition) is 1. The molecule has 1 aromatic heterocycles. The summed E-state index contributed by atoms with van der Waals surface area (Å²) in [5, 5.41) is 3.92. The normalized spacial score (nSPS) is 11.6. The molecule has 0 saturated heterocycles. The van der Waals surface area contributed by atoms with Crippen LogP contribution in [0.15, 0.2) is 35.7 Å². The van der Waals surface area contributed by atoms with Crippen molar-refractivity contribution in [1.29, 1.82) is 0 Å². The summed E-state index contributed by atoms with van der Waals surface area (Å²) in [4.78, 5) is 3.98. The Balaban J connectivity index is 2.54. The van der Waals surface area contributed by atoms with Crippen LogP contribution in [-0.4, -0.2) is 29.4 Å². The third-order valence-electron chi connectivity index (χ3n) is 2.09. The summed E-state index contributed by atoms with van der Waals surface area (Å²) in [6, 6.07) is 4.50. The molecule has 2 rings (SSSR count). The van der Waals surface area contributed by atoms with Crippen LogP contribution in [0.4, 0.5) is 5.69 Å². The highest BCUT2D eigenvalue weighted by Crippen LogP contribution is 2.20. The second-order valence-electron chi connectivity index (χ2n) is 3.33. The minimum absolute atomic E-state index is 0.189. The standard InChI is InChI=1S/C9H10N4O2S/c1-16(14,15)7-2-3-9(8(10)4-7)13-6-11-5-12-13/h2-6H,10H2,1H3. The second kappa shape index (κ2) is 3.60. The molecular weight excluding hydrogens is 228 g/mol. The van der Waals surface area contributed by atoms with E-state index in [2.05, 4.69) is 10.1 Å². The molecule has 0 radical (unpaired) electrons. The van der Waals surface area contributed by atoms with E-state index in [1.54, 1.807) is 6.07 Å². The smallest absolute Gasteiger partial charge is 0.175 e. The van der Waals surface area contributed by atoms with Crippen molar-refractivity contribution in [2.45, 2.75) is 4.90 Å². The van der Waals surface area contributed by atoms with Crippen LogP contribution in [0.1, 0.15) is 0 Å². The van der Waals surface area contributed by atoms with E-state index < -0.39 is 9.84 Å². The molecule has 0 amide bonds. The Bertz CT molecular complexity index is 604. The molecule has 2 aromatic rings. The molecule has 1 aromatic carbocycles. The summed E-state index contributed by atoms with van der Waals surface area (Å²) in [5.41, 5.74) is 6.70. The maximum atomic E-state index is 11.3. The molecular formula is C9H10N4O2S. The number of nitrogens with zero attached hydrogens (tertiary/aromatic N) is 3. The first-order chi connectivity index (χ1) is 7.48. The van der Waals surface area contributed by atoms with E-state index in [-0.39, 0.29) is 4.90 Å². The van der Waals surface area contributed by atoms with Gasteiger partial charge in [0.15, 0.2) is 9.84 Å². The molecule has 16 heavy (non-hydrogen) atoms. The molecule has 0 aliphatic rings. The fraction of sp³-hybridized carbons (Fsp3) is 0.111. The Kier molecular flexibility index (Phi) is 2.39. The lowest BCUT2D eigenvalue weighted by Gasteiger charge is -2.06. The largest absolute Gasteiger partial charge is 0.397 e. The van der Waals surface area contributed by atoms with E-state index in [1.807, 2.05) is 0 Å². The SMILES string of the molecule is CS(=O)(=O)c1ccc(-n2cncn2)c(N)c1. The monoisotopic (exact) mass is 238 g/mol. The van der Waals surface area contributed by atoms with Crippen molar-refractivity contribution in [2.24, 2.45) is 0 Å². The van der Waals surface area contributed by atoms with Gasteiger partial charge in [0, 0.05) is 6.26 Å². The first-order valence-electron chi connectivity index (χ1n) is 4.43. The minimum Gasteiger partial charge on any atom is -0.397 e. The molecule has 6 nitrogen and oxygen atoms in total. The number of rotatable bonds is 2. The topological polar surface area (TPSA) is 90.9 Å². The van der Waals surface area contributed by atoms with E-state index in [1.165, 1.54) is 29.5 Å². The van der Waals surface area contributed by atoms with Crippen molar-refractivity contribution in [3.63, 3.8) is 0 Å². The van der Waals surface area contributed by atoms with Gasteiger partial charge in [0.1, 0.15) is 12.7 Å². The van der Waals surface area contributed by atoms with Crippen LogP contribution in [-0.2, 0) is 9.84 Å². The van der Waals surface area contributed by atoms with Crippen molar-refractivity contribution in [3.05, 3.63) is 30.9 Å². The van der Waals surface area contributed by atoms with Gasteiger partial charge in [-0.15, -0.1) is 0 Å². The average molecular weight is 238 g/mol. The molecule has 0 spiro atoms. The molecule has 1 heterocycles. The maximum Gasteiger partial charge on any atom is 0.175 e. The van der Waals surface area contributed by atoms with E-state index in [0.717, 1.165) is 6.26 Å². The number of sulfone groups is 1. The van der Waals surface area contributed by atoms with Crippen LogP contribution in [0.5, 0.6) is 0 Å². The third kappa shape index (κ3) is 1.89. The minimum atomic E-state index is -3.24. The summed E-state index contributed by atoms with van der Waals surface area (Å²) in [6.45, 7) is 0. The fourth-order valence-corrected chi connectivity index (χ4v) is 1.96. The molecule has 7 heteroatoms. The zero-order chi connectivity index (χ0) is 11.8. The van der Waals surface area contributed by atoms with Gasteiger partial charge in [-0.3, -0.25) is 0 Å². The zero-order valence-corrected chi connectivity index (χ0v) is 9.35. The Labute approximate surface area is 92.6 Å². The maximum absolute atomic E-state index is 11.3. The molecule has 84 valence electrons. The highest BCUT2D eigenvalue weighted by molar-refractivity contribution is 7.90. The lowest BCUT2D eigenvalue weighted by Crippen LogP contribution is -2.03. The van der Waals surface area contributed by atoms with E-state index in [4.69, 9.17) is 5.73 Å². The van der Waals surface area contributed by atoms with Crippen molar-refractivity contribution in [1.82, 2.24) is 14.8 Å². The van der Waals surface area contributed by atoms with E-state index in [9.17, 15) is 8.42 Å². The van der Waals surface area contributed by atoms with E-state index >= 15 is 0 Å². The molecule has 0 bridgehead atoms. The van der Waals surface area contributed by atoms with Crippen molar-refractivity contribution in [3.8, 4) is 5.69 Å². The van der Waals surface area contributed by atoms with Crippen LogP contribution < -0.4 is 5.73 Å². The quantitative estimate of drug-likeness (QED) is 0.757. The number of hydrogen-bond acceptors (Lipinski definition) is 5. The molecule has 0 atom stereocenters. The first kappa shape index (κ1) is 10.6. The van der Waals surface area contributed by atoms with E-state index in [0.29, 0.717) is 11.4 Å². The third-order valence-corrected chi connectivity index (χ3v) is 3.20. The second-order valence-corrected chi connectivity index (χ2v) is 5.35. The Morgan fingerprint density at radius 2 is 2.12 bits per heavy atom. The summed E-state index contributed by atoms with van der Waals surface area (Å²) in [7, 11) is -3.24. The number of anilines is 1. The predicted octanol–water partition coefficient (Wildman–Crippen LogP) is 0.253. The fourth-order valence-electron chi connectivity index (χ4n) is 1.30. The van der Waals surface area contributed by atoms with Crippen molar-refractivity contribution in [2.75, 3.05) is 12.0 Å².